The highest BCUT2D eigenvalue weighted by atomic mass is 16.3. The van der Waals surface area contributed by atoms with Crippen LogP contribution in [0, 0.1) is 0 Å². The molecule has 1 saturated heterocycles. The Balaban J connectivity index is 2.08. The first-order valence-electron chi connectivity index (χ1n) is 5.95. The number of hydrogen-bond donors (Lipinski definition) is 2. The number of rotatable bonds is 2. The highest BCUT2D eigenvalue weighted by Crippen LogP contribution is 2.30. The van der Waals surface area contributed by atoms with E-state index in [4.69, 9.17) is 4.42 Å². The summed E-state index contributed by atoms with van der Waals surface area (Å²) in [5.41, 5.74) is 2.95. The van der Waals surface area contributed by atoms with E-state index in [0.717, 1.165) is 48.4 Å². The summed E-state index contributed by atoms with van der Waals surface area (Å²) in [5.74, 6) is 0. The average Bonchev–Trinajstić information content (AvgIpc) is 2.86. The molecule has 0 saturated carbocycles. The number of furan rings is 1. The smallest absolute Gasteiger partial charge is 0.157 e. The van der Waals surface area contributed by atoms with E-state index in [1.54, 1.807) is 6.26 Å². The zero-order chi connectivity index (χ0) is 11.7. The van der Waals surface area contributed by atoms with Gasteiger partial charge >= 0.3 is 0 Å². The summed E-state index contributed by atoms with van der Waals surface area (Å²) in [6, 6.07) is 5.95. The first-order valence-corrected chi connectivity index (χ1v) is 5.95. The van der Waals surface area contributed by atoms with E-state index in [1.807, 2.05) is 18.2 Å². The number of fused-ring (bicyclic) bond motifs is 1. The van der Waals surface area contributed by atoms with Gasteiger partial charge in [0.05, 0.1) is 18.6 Å². The fourth-order valence-corrected chi connectivity index (χ4v) is 2.36. The molecule has 3 rings (SSSR count). The van der Waals surface area contributed by atoms with Crippen LogP contribution in [-0.4, -0.2) is 31.3 Å². The molecule has 1 aliphatic rings. The highest BCUT2D eigenvalue weighted by Gasteiger charge is 2.16. The molecular formula is C13H16N2O2. The standard InChI is InChI=1S/C13H16N2O2/c16-9-10-7-11-1-6-17-13(11)12(8-10)15-4-2-14-3-5-15/h1,6-8,14,16H,2-5,9H2. The average molecular weight is 232 g/mol. The Kier molecular flexibility index (Phi) is 2.74. The van der Waals surface area contributed by atoms with E-state index in [2.05, 4.69) is 10.2 Å². The number of nitrogens with zero attached hydrogens (tertiary/aromatic N) is 1. The van der Waals surface area contributed by atoms with Crippen LogP contribution in [-0.2, 0) is 6.61 Å². The maximum absolute atomic E-state index is 9.30. The van der Waals surface area contributed by atoms with E-state index in [9.17, 15) is 5.11 Å². The molecule has 0 aliphatic carbocycles. The molecule has 90 valence electrons. The second-order valence-corrected chi connectivity index (χ2v) is 4.35. The van der Waals surface area contributed by atoms with Gasteiger partial charge in [-0.05, 0) is 23.8 Å². The van der Waals surface area contributed by atoms with Crippen molar-refractivity contribution < 1.29 is 9.52 Å². The number of aliphatic hydroxyl groups excluding tert-OH is 1. The normalized spacial score (nSPS) is 16.6. The predicted octanol–water partition coefficient (Wildman–Crippen LogP) is 1.33. The Morgan fingerprint density at radius 3 is 2.88 bits per heavy atom. The minimum Gasteiger partial charge on any atom is -0.462 e. The van der Waals surface area contributed by atoms with Crippen LogP contribution in [0.3, 0.4) is 0 Å². The summed E-state index contributed by atoms with van der Waals surface area (Å²) >= 11 is 0. The zero-order valence-electron chi connectivity index (χ0n) is 9.65. The first kappa shape index (κ1) is 10.6. The van der Waals surface area contributed by atoms with E-state index in [0.29, 0.717) is 0 Å². The molecule has 2 heterocycles. The van der Waals surface area contributed by atoms with Gasteiger partial charge in [-0.2, -0.15) is 0 Å². The van der Waals surface area contributed by atoms with Crippen LogP contribution >= 0.6 is 0 Å². The lowest BCUT2D eigenvalue weighted by Crippen LogP contribution is -2.43. The first-order chi connectivity index (χ1) is 8.38. The van der Waals surface area contributed by atoms with Crippen LogP contribution < -0.4 is 10.2 Å². The molecule has 1 aromatic heterocycles. The largest absolute Gasteiger partial charge is 0.462 e. The third-order valence-corrected chi connectivity index (χ3v) is 3.23. The molecule has 17 heavy (non-hydrogen) atoms. The van der Waals surface area contributed by atoms with Gasteiger partial charge in [0, 0.05) is 31.6 Å². The maximum Gasteiger partial charge on any atom is 0.157 e. The van der Waals surface area contributed by atoms with Crippen LogP contribution in [0.25, 0.3) is 11.0 Å². The van der Waals surface area contributed by atoms with Gasteiger partial charge in [-0.15, -0.1) is 0 Å². The van der Waals surface area contributed by atoms with Crippen molar-refractivity contribution in [2.45, 2.75) is 6.61 Å². The third kappa shape index (κ3) is 1.90. The van der Waals surface area contributed by atoms with E-state index < -0.39 is 0 Å². The van der Waals surface area contributed by atoms with Crippen LogP contribution in [0.4, 0.5) is 5.69 Å². The van der Waals surface area contributed by atoms with Gasteiger partial charge in [-0.3, -0.25) is 0 Å². The number of aliphatic hydroxyl groups is 1. The number of anilines is 1. The van der Waals surface area contributed by atoms with Crippen molar-refractivity contribution in [3.8, 4) is 0 Å². The molecule has 0 unspecified atom stereocenters. The number of hydrogen-bond acceptors (Lipinski definition) is 4. The Labute approximate surface area is 99.8 Å². The third-order valence-electron chi connectivity index (χ3n) is 3.23. The Morgan fingerprint density at radius 2 is 2.12 bits per heavy atom. The minimum absolute atomic E-state index is 0.0697. The van der Waals surface area contributed by atoms with Crippen molar-refractivity contribution >= 4 is 16.7 Å². The molecule has 1 aliphatic heterocycles. The van der Waals surface area contributed by atoms with Gasteiger partial charge < -0.3 is 19.7 Å². The van der Waals surface area contributed by atoms with E-state index >= 15 is 0 Å². The van der Waals surface area contributed by atoms with Crippen LogP contribution in [0.5, 0.6) is 0 Å². The summed E-state index contributed by atoms with van der Waals surface area (Å²) in [7, 11) is 0. The van der Waals surface area contributed by atoms with Crippen LogP contribution in [0.1, 0.15) is 5.56 Å². The van der Waals surface area contributed by atoms with Gasteiger partial charge in [0.2, 0.25) is 0 Å². The van der Waals surface area contributed by atoms with Crippen molar-refractivity contribution in [2.24, 2.45) is 0 Å². The fraction of sp³-hybridized carbons (Fsp3) is 0.385. The molecule has 2 N–H and O–H groups in total. The number of benzene rings is 1. The minimum atomic E-state index is 0.0697. The molecule has 2 aromatic rings. The molecule has 0 amide bonds. The van der Waals surface area contributed by atoms with Gasteiger partial charge in [0.1, 0.15) is 0 Å². The Bertz CT molecular complexity index is 515. The van der Waals surface area contributed by atoms with E-state index in [1.165, 1.54) is 0 Å². The lowest BCUT2D eigenvalue weighted by atomic mass is 10.1. The van der Waals surface area contributed by atoms with E-state index in [-0.39, 0.29) is 6.61 Å². The number of piperazine rings is 1. The fourth-order valence-electron chi connectivity index (χ4n) is 2.36. The molecule has 0 radical (unpaired) electrons. The Morgan fingerprint density at radius 1 is 1.29 bits per heavy atom. The quantitative estimate of drug-likeness (QED) is 0.820. The predicted molar refractivity (Wildman–Crippen MR) is 67.2 cm³/mol. The summed E-state index contributed by atoms with van der Waals surface area (Å²) in [5, 5.41) is 13.7. The lowest BCUT2D eigenvalue weighted by molar-refractivity contribution is 0.282. The Hall–Kier alpha value is -1.52. The van der Waals surface area contributed by atoms with Crippen molar-refractivity contribution in [1.82, 2.24) is 5.32 Å². The lowest BCUT2D eigenvalue weighted by Gasteiger charge is -2.29. The van der Waals surface area contributed by atoms with Gasteiger partial charge in [-0.25, -0.2) is 0 Å². The topological polar surface area (TPSA) is 48.6 Å². The van der Waals surface area contributed by atoms with Crippen molar-refractivity contribution in [3.05, 3.63) is 30.0 Å². The van der Waals surface area contributed by atoms with Crippen molar-refractivity contribution in [2.75, 3.05) is 31.1 Å². The summed E-state index contributed by atoms with van der Waals surface area (Å²) in [6.45, 7) is 4.01. The molecule has 0 atom stereocenters. The summed E-state index contributed by atoms with van der Waals surface area (Å²) in [6.07, 6.45) is 1.71. The molecule has 1 fully saturated rings. The SMILES string of the molecule is OCc1cc(N2CCNCC2)c2occc2c1. The molecular weight excluding hydrogens is 216 g/mol. The van der Waals surface area contributed by atoms with Crippen molar-refractivity contribution in [1.29, 1.82) is 0 Å². The number of nitrogens with one attached hydrogen (secondary N) is 1. The maximum atomic E-state index is 9.30. The highest BCUT2D eigenvalue weighted by molar-refractivity contribution is 5.90. The second kappa shape index (κ2) is 4.39. The molecule has 4 nitrogen and oxygen atoms in total. The molecule has 0 bridgehead atoms. The van der Waals surface area contributed by atoms with Crippen LogP contribution in [0.15, 0.2) is 28.9 Å². The van der Waals surface area contributed by atoms with Crippen molar-refractivity contribution in [3.63, 3.8) is 0 Å². The van der Waals surface area contributed by atoms with Crippen LogP contribution in [0.2, 0.25) is 0 Å². The summed E-state index contributed by atoms with van der Waals surface area (Å²) in [4.78, 5) is 2.31. The second-order valence-electron chi connectivity index (χ2n) is 4.35. The van der Waals surface area contributed by atoms with Gasteiger partial charge in [-0.1, -0.05) is 0 Å². The van der Waals surface area contributed by atoms with Gasteiger partial charge in [0.25, 0.3) is 0 Å². The van der Waals surface area contributed by atoms with Gasteiger partial charge in [0.15, 0.2) is 5.58 Å². The molecule has 0 spiro atoms. The zero-order valence-corrected chi connectivity index (χ0v) is 9.65. The molecule has 1 aromatic carbocycles. The molecule has 4 heteroatoms. The monoisotopic (exact) mass is 232 g/mol. The summed E-state index contributed by atoms with van der Waals surface area (Å²) < 4.78 is 5.56.